The van der Waals surface area contributed by atoms with Gasteiger partial charge in [-0.15, -0.1) is 11.3 Å². The Hall–Kier alpha value is -2.41. The maximum absolute atomic E-state index is 11.7. The first-order valence-electron chi connectivity index (χ1n) is 4.76. The number of rotatable bonds is 3. The number of ether oxygens (including phenoxy) is 1. The Morgan fingerprint density at radius 3 is 2.67 bits per heavy atom. The van der Waals surface area contributed by atoms with E-state index in [-0.39, 0.29) is 22.1 Å². The number of para-hydroxylation sites is 2. The summed E-state index contributed by atoms with van der Waals surface area (Å²) >= 11 is 0.827. The van der Waals surface area contributed by atoms with Crippen LogP contribution in [0.3, 0.4) is 0 Å². The number of carbonyl (C=O) groups excluding carboxylic acids is 1. The predicted molar refractivity (Wildman–Crippen MR) is 62.1 cm³/mol. The fourth-order valence-corrected chi connectivity index (χ4v) is 1.85. The Balaban J connectivity index is 2.25. The summed E-state index contributed by atoms with van der Waals surface area (Å²) in [6.45, 7) is 0. The number of hydrogen-bond acceptors (Lipinski definition) is 6. The van der Waals surface area contributed by atoms with Crippen LogP contribution in [0.5, 0.6) is 11.5 Å². The second kappa shape index (κ2) is 4.84. The number of phenolic OH excluding ortho intramolecular Hbond substituents is 1. The zero-order valence-corrected chi connectivity index (χ0v) is 9.68. The van der Waals surface area contributed by atoms with Gasteiger partial charge in [-0.05, 0) is 12.1 Å². The van der Waals surface area contributed by atoms with Gasteiger partial charge in [0.1, 0.15) is 4.88 Å². The summed E-state index contributed by atoms with van der Waals surface area (Å²) in [5, 5.41) is 18.3. The van der Waals surface area contributed by atoms with Crippen molar-refractivity contribution in [2.45, 2.75) is 0 Å². The monoisotopic (exact) mass is 265 g/mol. The van der Waals surface area contributed by atoms with Crippen LogP contribution in [0.1, 0.15) is 20.2 Å². The predicted octanol–water partition coefficient (Wildman–Crippen LogP) is 1.77. The van der Waals surface area contributed by atoms with Crippen molar-refractivity contribution in [3.05, 3.63) is 40.3 Å². The van der Waals surface area contributed by atoms with Crippen LogP contribution in [0.2, 0.25) is 0 Å². The van der Waals surface area contributed by atoms with Crippen LogP contribution in [-0.2, 0) is 0 Å². The molecule has 0 saturated carbocycles. The number of carboxylic acid groups (broad SMARTS) is 1. The summed E-state index contributed by atoms with van der Waals surface area (Å²) in [7, 11) is 0. The van der Waals surface area contributed by atoms with Crippen LogP contribution >= 0.6 is 11.3 Å². The van der Waals surface area contributed by atoms with Crippen molar-refractivity contribution in [1.29, 1.82) is 0 Å². The van der Waals surface area contributed by atoms with Crippen molar-refractivity contribution in [2.24, 2.45) is 0 Å². The summed E-state index contributed by atoms with van der Waals surface area (Å²) in [6.07, 6.45) is 0. The van der Waals surface area contributed by atoms with Gasteiger partial charge in [-0.2, -0.15) is 0 Å². The molecule has 18 heavy (non-hydrogen) atoms. The highest BCUT2D eigenvalue weighted by molar-refractivity contribution is 7.12. The van der Waals surface area contributed by atoms with Crippen molar-refractivity contribution >= 4 is 23.3 Å². The maximum Gasteiger partial charge on any atom is 0.364 e. The number of nitrogens with zero attached hydrogens (tertiary/aromatic N) is 1. The first kappa shape index (κ1) is 12.1. The van der Waals surface area contributed by atoms with Crippen LogP contribution in [0.25, 0.3) is 0 Å². The zero-order valence-electron chi connectivity index (χ0n) is 8.86. The van der Waals surface area contributed by atoms with Crippen molar-refractivity contribution < 1.29 is 24.5 Å². The van der Waals surface area contributed by atoms with E-state index < -0.39 is 11.9 Å². The highest BCUT2D eigenvalue weighted by Gasteiger charge is 2.22. The van der Waals surface area contributed by atoms with Crippen molar-refractivity contribution in [3.63, 3.8) is 0 Å². The fourth-order valence-electron chi connectivity index (χ4n) is 1.23. The lowest BCUT2D eigenvalue weighted by molar-refractivity contribution is 0.0668. The van der Waals surface area contributed by atoms with Gasteiger partial charge in [-0.3, -0.25) is 0 Å². The Morgan fingerprint density at radius 1 is 1.28 bits per heavy atom. The molecule has 2 N–H and O–H groups in total. The maximum atomic E-state index is 11.7. The highest BCUT2D eigenvalue weighted by Crippen LogP contribution is 2.26. The first-order valence-corrected chi connectivity index (χ1v) is 5.64. The molecule has 1 heterocycles. The second-order valence-corrected chi connectivity index (χ2v) is 4.05. The lowest BCUT2D eigenvalue weighted by atomic mass is 10.3. The van der Waals surface area contributed by atoms with Gasteiger partial charge >= 0.3 is 11.9 Å². The third-order valence-electron chi connectivity index (χ3n) is 2.02. The molecule has 0 bridgehead atoms. The van der Waals surface area contributed by atoms with Gasteiger partial charge in [0.15, 0.2) is 17.2 Å². The van der Waals surface area contributed by atoms with Crippen LogP contribution in [0.4, 0.5) is 0 Å². The summed E-state index contributed by atoms with van der Waals surface area (Å²) in [4.78, 5) is 26.0. The van der Waals surface area contributed by atoms with E-state index >= 15 is 0 Å². The molecule has 0 fully saturated rings. The number of benzene rings is 1. The first-order chi connectivity index (χ1) is 8.59. The van der Waals surface area contributed by atoms with Crippen molar-refractivity contribution in [3.8, 4) is 11.5 Å². The quantitative estimate of drug-likeness (QED) is 0.648. The molecule has 92 valence electrons. The molecule has 7 heteroatoms. The van der Waals surface area contributed by atoms with Crippen LogP contribution < -0.4 is 4.74 Å². The molecular weight excluding hydrogens is 258 g/mol. The molecule has 6 nitrogen and oxygen atoms in total. The molecule has 0 atom stereocenters. The fraction of sp³-hybridized carbons (Fsp3) is 0. The number of carbonyl (C=O) groups is 2. The number of thiazole rings is 1. The molecular formula is C11H7NO5S. The van der Waals surface area contributed by atoms with Crippen molar-refractivity contribution in [1.82, 2.24) is 4.98 Å². The molecule has 2 aromatic rings. The SMILES string of the molecule is O=C(Oc1ccccc1O)c1ncsc1C(=O)O. The number of aromatic carboxylic acids is 1. The third-order valence-corrected chi connectivity index (χ3v) is 2.84. The molecule has 0 unspecified atom stereocenters. The van der Waals surface area contributed by atoms with Gasteiger partial charge in [-0.25, -0.2) is 14.6 Å². The second-order valence-electron chi connectivity index (χ2n) is 3.19. The van der Waals surface area contributed by atoms with E-state index in [1.165, 1.54) is 17.6 Å². The average molecular weight is 265 g/mol. The molecule has 0 spiro atoms. The Morgan fingerprint density at radius 2 is 2.00 bits per heavy atom. The van der Waals surface area contributed by atoms with E-state index in [1.54, 1.807) is 12.1 Å². The average Bonchev–Trinajstić information content (AvgIpc) is 2.81. The minimum atomic E-state index is -1.25. The van der Waals surface area contributed by atoms with E-state index in [9.17, 15) is 14.7 Å². The van der Waals surface area contributed by atoms with Crippen LogP contribution in [0, 0.1) is 0 Å². The van der Waals surface area contributed by atoms with Crippen LogP contribution in [0.15, 0.2) is 29.8 Å². The van der Waals surface area contributed by atoms with Crippen LogP contribution in [-0.4, -0.2) is 27.1 Å². The topological polar surface area (TPSA) is 96.7 Å². The van der Waals surface area contributed by atoms with Gasteiger partial charge in [0.05, 0.1) is 5.51 Å². The normalized spacial score (nSPS) is 10.0. The third kappa shape index (κ3) is 2.30. The molecule has 0 aliphatic carbocycles. The standard InChI is InChI=1S/C11H7NO5S/c13-6-3-1-2-4-7(6)17-11(16)8-9(10(14)15)18-5-12-8/h1-5,13H,(H,14,15). The number of aromatic hydroxyl groups is 1. The lowest BCUT2D eigenvalue weighted by Gasteiger charge is -2.04. The number of aromatic nitrogens is 1. The summed E-state index contributed by atoms with van der Waals surface area (Å²) < 4.78 is 4.87. The molecule has 0 saturated heterocycles. The molecule has 1 aromatic carbocycles. The van der Waals surface area contributed by atoms with E-state index in [0.717, 1.165) is 11.3 Å². The van der Waals surface area contributed by atoms with Gasteiger partial charge in [0.25, 0.3) is 0 Å². The largest absolute Gasteiger partial charge is 0.504 e. The smallest absolute Gasteiger partial charge is 0.364 e. The van der Waals surface area contributed by atoms with Gasteiger partial charge < -0.3 is 14.9 Å². The van der Waals surface area contributed by atoms with E-state index in [1.807, 2.05) is 0 Å². The summed E-state index contributed by atoms with van der Waals surface area (Å²) in [5.41, 5.74) is 0.959. The molecule has 0 amide bonds. The van der Waals surface area contributed by atoms with E-state index in [0.29, 0.717) is 0 Å². The number of carboxylic acids is 1. The minimum absolute atomic E-state index is 0.0492. The minimum Gasteiger partial charge on any atom is -0.504 e. The van der Waals surface area contributed by atoms with E-state index in [2.05, 4.69) is 4.98 Å². The zero-order chi connectivity index (χ0) is 13.1. The Bertz CT molecular complexity index is 607. The number of esters is 1. The van der Waals surface area contributed by atoms with Gasteiger partial charge in [0.2, 0.25) is 0 Å². The van der Waals surface area contributed by atoms with Gasteiger partial charge in [-0.1, -0.05) is 12.1 Å². The lowest BCUT2D eigenvalue weighted by Crippen LogP contribution is -2.13. The molecule has 0 aliphatic rings. The number of hydrogen-bond donors (Lipinski definition) is 2. The summed E-state index contributed by atoms with van der Waals surface area (Å²) in [5.74, 6) is -2.43. The van der Waals surface area contributed by atoms with Gasteiger partial charge in [0, 0.05) is 0 Å². The highest BCUT2D eigenvalue weighted by atomic mass is 32.1. The number of phenols is 1. The molecule has 0 aliphatic heterocycles. The Labute approximate surface area is 105 Å². The molecule has 1 aromatic heterocycles. The summed E-state index contributed by atoms with van der Waals surface area (Å²) in [6, 6.07) is 5.88. The molecule has 2 rings (SSSR count). The van der Waals surface area contributed by atoms with Crippen molar-refractivity contribution in [2.75, 3.05) is 0 Å². The molecule has 0 radical (unpaired) electrons. The Kier molecular flexibility index (Phi) is 3.24. The van der Waals surface area contributed by atoms with E-state index in [4.69, 9.17) is 9.84 Å².